The zero-order chi connectivity index (χ0) is 12.6. The monoisotopic (exact) mass is 230 g/mol. The number of hydrogen-bond donors (Lipinski definition) is 0. The largest absolute Gasteiger partial charge is 0.358 e. The Morgan fingerprint density at radius 3 is 2.06 bits per heavy atom. The van der Waals surface area contributed by atoms with E-state index in [4.69, 9.17) is 0 Å². The van der Waals surface area contributed by atoms with Crippen molar-refractivity contribution in [2.24, 2.45) is 11.8 Å². The molecule has 1 atom stereocenters. The fourth-order valence-corrected chi connectivity index (χ4v) is 1.19. The van der Waals surface area contributed by atoms with Crippen LogP contribution in [0, 0.1) is 11.8 Å². The second-order valence-electron chi connectivity index (χ2n) is 4.21. The van der Waals surface area contributed by atoms with Crippen LogP contribution in [0.25, 0.3) is 0 Å². The van der Waals surface area contributed by atoms with E-state index < -0.39 is 11.9 Å². The molecule has 94 valence electrons. The lowest BCUT2D eigenvalue weighted by Crippen LogP contribution is -2.21. The minimum atomic E-state index is -0.515. The van der Waals surface area contributed by atoms with Gasteiger partial charge in [0.2, 0.25) is 0 Å². The smallest absolute Gasteiger partial charge is 0.247 e. The zero-order valence-corrected chi connectivity index (χ0v) is 10.6. The van der Waals surface area contributed by atoms with Gasteiger partial charge < -0.3 is 0 Å². The van der Waals surface area contributed by atoms with Gasteiger partial charge in [-0.2, -0.15) is 0 Å². The average Bonchev–Trinajstić information content (AvgIpc) is 2.26. The summed E-state index contributed by atoms with van der Waals surface area (Å²) in [5, 5.41) is 0. The lowest BCUT2D eigenvalue weighted by Gasteiger charge is -2.12. The molecule has 0 fully saturated rings. The van der Waals surface area contributed by atoms with Gasteiger partial charge in [0.15, 0.2) is 0 Å². The molecule has 0 saturated heterocycles. The molecule has 0 spiro atoms. The van der Waals surface area contributed by atoms with E-state index in [1.54, 1.807) is 13.8 Å². The molecule has 4 nitrogen and oxygen atoms in total. The van der Waals surface area contributed by atoms with E-state index in [2.05, 4.69) is 16.7 Å². The average molecular weight is 230 g/mol. The summed E-state index contributed by atoms with van der Waals surface area (Å²) in [4.78, 5) is 31.5. The Bertz CT molecular complexity index is 223. The lowest BCUT2D eigenvalue weighted by molar-refractivity contribution is -0.264. The molecule has 0 heterocycles. The normalized spacial score (nSPS) is 12.3. The third-order valence-electron chi connectivity index (χ3n) is 2.41. The van der Waals surface area contributed by atoms with Gasteiger partial charge in [-0.05, 0) is 12.8 Å². The molecule has 0 aliphatic carbocycles. The maximum atomic E-state index is 11.5. The van der Waals surface area contributed by atoms with Crippen molar-refractivity contribution in [3.05, 3.63) is 0 Å². The van der Waals surface area contributed by atoms with E-state index in [0.29, 0.717) is 6.42 Å². The lowest BCUT2D eigenvalue weighted by atomic mass is 10.00. The first kappa shape index (κ1) is 14.9. The van der Waals surface area contributed by atoms with Crippen LogP contribution in [0.1, 0.15) is 53.4 Å². The Kier molecular flexibility index (Phi) is 7.60. The van der Waals surface area contributed by atoms with Gasteiger partial charge in [-0.25, -0.2) is 19.4 Å². The molecular formula is C12H22O4. The zero-order valence-electron chi connectivity index (χ0n) is 10.6. The summed E-state index contributed by atoms with van der Waals surface area (Å²) in [6.07, 6.45) is 3.50. The molecule has 0 rings (SSSR count). The van der Waals surface area contributed by atoms with Gasteiger partial charge in [-0.1, -0.05) is 40.5 Å². The van der Waals surface area contributed by atoms with Gasteiger partial charge in [-0.15, -0.1) is 0 Å². The first-order chi connectivity index (χ1) is 7.52. The first-order valence-electron chi connectivity index (χ1n) is 5.95. The molecule has 0 aliphatic rings. The van der Waals surface area contributed by atoms with Crippen LogP contribution in [0.4, 0.5) is 0 Å². The van der Waals surface area contributed by atoms with Gasteiger partial charge in [-0.3, -0.25) is 0 Å². The van der Waals surface area contributed by atoms with E-state index in [1.165, 1.54) is 0 Å². The first-order valence-corrected chi connectivity index (χ1v) is 5.95. The molecular weight excluding hydrogens is 208 g/mol. The summed E-state index contributed by atoms with van der Waals surface area (Å²) < 4.78 is 0. The van der Waals surface area contributed by atoms with Crippen molar-refractivity contribution >= 4 is 11.9 Å². The molecule has 4 heteroatoms. The molecule has 0 saturated carbocycles. The highest BCUT2D eigenvalue weighted by atomic mass is 17.2. The standard InChI is InChI=1S/C12H22O4/c1-5-7-8-10(6-2)12(14)16-15-11(13)9(3)4/h9-10H,5-8H2,1-4H3. The van der Waals surface area contributed by atoms with E-state index >= 15 is 0 Å². The van der Waals surface area contributed by atoms with Gasteiger partial charge in [0.05, 0.1) is 11.8 Å². The van der Waals surface area contributed by atoms with Crippen LogP contribution in [0.3, 0.4) is 0 Å². The molecule has 0 aromatic rings. The predicted octanol–water partition coefficient (Wildman–Crippen LogP) is 2.86. The molecule has 0 amide bonds. The highest BCUT2D eigenvalue weighted by Crippen LogP contribution is 2.14. The molecule has 0 N–H and O–H groups in total. The third-order valence-corrected chi connectivity index (χ3v) is 2.41. The van der Waals surface area contributed by atoms with Crippen molar-refractivity contribution in [3.8, 4) is 0 Å². The third kappa shape index (κ3) is 5.73. The number of carbonyl (C=O) groups is 2. The molecule has 0 aromatic heterocycles. The fraction of sp³-hybridized carbons (Fsp3) is 0.833. The van der Waals surface area contributed by atoms with E-state index in [1.807, 2.05) is 6.92 Å². The summed E-state index contributed by atoms with van der Waals surface area (Å²) in [5.41, 5.74) is 0. The molecule has 0 bridgehead atoms. The Hall–Kier alpha value is -1.06. The minimum absolute atomic E-state index is 0.167. The van der Waals surface area contributed by atoms with Gasteiger partial charge >= 0.3 is 11.9 Å². The van der Waals surface area contributed by atoms with Crippen molar-refractivity contribution in [3.63, 3.8) is 0 Å². The second-order valence-corrected chi connectivity index (χ2v) is 4.21. The topological polar surface area (TPSA) is 52.6 Å². The number of unbranched alkanes of at least 4 members (excludes halogenated alkanes) is 1. The number of carbonyl (C=O) groups excluding carboxylic acids is 2. The summed E-state index contributed by atoms with van der Waals surface area (Å²) >= 11 is 0. The highest BCUT2D eigenvalue weighted by molar-refractivity contribution is 5.75. The van der Waals surface area contributed by atoms with Crippen LogP contribution in [0.15, 0.2) is 0 Å². The minimum Gasteiger partial charge on any atom is -0.247 e. The quantitative estimate of drug-likeness (QED) is 0.520. The van der Waals surface area contributed by atoms with E-state index in [9.17, 15) is 9.59 Å². The van der Waals surface area contributed by atoms with Crippen molar-refractivity contribution in [1.82, 2.24) is 0 Å². The maximum Gasteiger partial charge on any atom is 0.358 e. The Labute approximate surface area is 97.2 Å². The molecule has 0 aliphatic heterocycles. The van der Waals surface area contributed by atoms with Crippen molar-refractivity contribution < 1.29 is 19.4 Å². The van der Waals surface area contributed by atoms with Crippen molar-refractivity contribution in [2.75, 3.05) is 0 Å². The molecule has 16 heavy (non-hydrogen) atoms. The SMILES string of the molecule is CCCCC(CC)C(=O)OOC(=O)C(C)C. The summed E-state index contributed by atoms with van der Waals surface area (Å²) in [6, 6.07) is 0. The fourth-order valence-electron chi connectivity index (χ4n) is 1.19. The summed E-state index contributed by atoms with van der Waals surface area (Å²) in [6.45, 7) is 7.36. The van der Waals surface area contributed by atoms with Crippen LogP contribution in [-0.4, -0.2) is 11.9 Å². The van der Waals surface area contributed by atoms with Crippen LogP contribution >= 0.6 is 0 Å². The van der Waals surface area contributed by atoms with Crippen molar-refractivity contribution in [2.45, 2.75) is 53.4 Å². The van der Waals surface area contributed by atoms with Crippen molar-refractivity contribution in [1.29, 1.82) is 0 Å². The van der Waals surface area contributed by atoms with Crippen LogP contribution in [0.5, 0.6) is 0 Å². The van der Waals surface area contributed by atoms with Gasteiger partial charge in [0.25, 0.3) is 0 Å². The number of rotatable bonds is 6. The summed E-state index contributed by atoms with van der Waals surface area (Å²) in [7, 11) is 0. The molecule has 0 aromatic carbocycles. The van der Waals surface area contributed by atoms with Crippen LogP contribution in [0.2, 0.25) is 0 Å². The number of hydrogen-bond acceptors (Lipinski definition) is 4. The molecule has 0 radical (unpaired) electrons. The van der Waals surface area contributed by atoms with Crippen LogP contribution < -0.4 is 0 Å². The second kappa shape index (κ2) is 8.13. The van der Waals surface area contributed by atoms with E-state index in [-0.39, 0.29) is 11.8 Å². The Balaban J connectivity index is 3.97. The van der Waals surface area contributed by atoms with Gasteiger partial charge in [0.1, 0.15) is 0 Å². The predicted molar refractivity (Wildman–Crippen MR) is 60.3 cm³/mol. The summed E-state index contributed by atoms with van der Waals surface area (Å²) in [5.74, 6) is -1.41. The molecule has 1 unspecified atom stereocenters. The van der Waals surface area contributed by atoms with Crippen LogP contribution in [-0.2, 0) is 19.4 Å². The Morgan fingerprint density at radius 1 is 1.06 bits per heavy atom. The Morgan fingerprint density at radius 2 is 1.62 bits per heavy atom. The maximum absolute atomic E-state index is 11.5. The van der Waals surface area contributed by atoms with E-state index in [0.717, 1.165) is 19.3 Å². The highest BCUT2D eigenvalue weighted by Gasteiger charge is 2.21. The van der Waals surface area contributed by atoms with Gasteiger partial charge in [0, 0.05) is 0 Å².